The molecule has 4 nitrogen and oxygen atoms in total. The van der Waals surface area contributed by atoms with Gasteiger partial charge < -0.3 is 5.11 Å². The molecule has 0 amide bonds. The van der Waals surface area contributed by atoms with Gasteiger partial charge in [0.05, 0.1) is 17.3 Å². The number of carbonyl (C=O) groups is 1. The molecule has 1 aromatic heterocycles. The zero-order valence-electron chi connectivity index (χ0n) is 10.4. The molecule has 0 fully saturated rings. The van der Waals surface area contributed by atoms with Crippen molar-refractivity contribution < 1.29 is 9.90 Å². The van der Waals surface area contributed by atoms with E-state index in [1.807, 2.05) is 30.3 Å². The van der Waals surface area contributed by atoms with Gasteiger partial charge in [0, 0.05) is 10.8 Å². The van der Waals surface area contributed by atoms with Crippen LogP contribution in [0.5, 0.6) is 0 Å². The predicted molar refractivity (Wildman–Crippen MR) is 78.1 cm³/mol. The Morgan fingerprint density at radius 1 is 1.05 bits per heavy atom. The van der Waals surface area contributed by atoms with E-state index >= 15 is 0 Å². The fraction of sp³-hybridized carbons (Fsp3) is 0. The molecule has 0 aliphatic heterocycles. The van der Waals surface area contributed by atoms with E-state index in [-0.39, 0.29) is 0 Å². The molecule has 2 N–H and O–H groups in total. The molecule has 0 aliphatic carbocycles. The van der Waals surface area contributed by atoms with Crippen LogP contribution in [0.3, 0.4) is 0 Å². The van der Waals surface area contributed by atoms with Crippen LogP contribution in [-0.4, -0.2) is 21.3 Å². The highest BCUT2D eigenvalue weighted by Crippen LogP contribution is 2.31. The highest BCUT2D eigenvalue weighted by molar-refractivity contribution is 6.18. The zero-order chi connectivity index (χ0) is 13.7. The van der Waals surface area contributed by atoms with Crippen LogP contribution in [0, 0.1) is 0 Å². The lowest BCUT2D eigenvalue weighted by Gasteiger charge is -2.07. The maximum Gasteiger partial charge on any atom is 0.336 e. The van der Waals surface area contributed by atoms with E-state index in [1.165, 1.54) is 0 Å². The van der Waals surface area contributed by atoms with Crippen molar-refractivity contribution in [3.8, 4) is 0 Å². The van der Waals surface area contributed by atoms with Crippen molar-refractivity contribution in [2.75, 3.05) is 0 Å². The van der Waals surface area contributed by atoms with Crippen LogP contribution < -0.4 is 0 Å². The van der Waals surface area contributed by atoms with E-state index in [0.717, 1.165) is 32.4 Å². The minimum absolute atomic E-state index is 0.330. The van der Waals surface area contributed by atoms with Crippen molar-refractivity contribution in [2.45, 2.75) is 0 Å². The average Bonchev–Trinajstić information content (AvgIpc) is 2.91. The number of aromatic amines is 1. The molecule has 4 aromatic rings. The van der Waals surface area contributed by atoms with Gasteiger partial charge in [-0.3, -0.25) is 5.10 Å². The normalized spacial score (nSPS) is 11.4. The van der Waals surface area contributed by atoms with Gasteiger partial charge >= 0.3 is 5.97 Å². The second kappa shape index (κ2) is 3.81. The highest BCUT2D eigenvalue weighted by Gasteiger charge is 2.12. The molecule has 4 rings (SSSR count). The highest BCUT2D eigenvalue weighted by atomic mass is 16.4. The number of nitrogens with one attached hydrogen (secondary N) is 1. The van der Waals surface area contributed by atoms with Gasteiger partial charge in [-0.1, -0.05) is 24.3 Å². The van der Waals surface area contributed by atoms with Crippen molar-refractivity contribution in [2.24, 2.45) is 0 Å². The van der Waals surface area contributed by atoms with Crippen LogP contribution in [0.2, 0.25) is 0 Å². The van der Waals surface area contributed by atoms with E-state index in [9.17, 15) is 9.90 Å². The summed E-state index contributed by atoms with van der Waals surface area (Å²) in [4.78, 5) is 11.5. The zero-order valence-corrected chi connectivity index (χ0v) is 10.4. The van der Waals surface area contributed by atoms with Gasteiger partial charge in [-0.25, -0.2) is 4.79 Å². The maximum absolute atomic E-state index is 11.5. The van der Waals surface area contributed by atoms with Gasteiger partial charge in [0.2, 0.25) is 0 Å². The summed E-state index contributed by atoms with van der Waals surface area (Å²) in [6.45, 7) is 0. The van der Waals surface area contributed by atoms with Gasteiger partial charge in [-0.05, 0) is 34.4 Å². The molecule has 96 valence electrons. The van der Waals surface area contributed by atoms with Crippen LogP contribution >= 0.6 is 0 Å². The SMILES string of the molecule is O=C(O)c1cccc2ccc3cc4[nH]ncc4cc3c12. The minimum atomic E-state index is -0.907. The van der Waals surface area contributed by atoms with Crippen LogP contribution in [0.4, 0.5) is 0 Å². The van der Waals surface area contributed by atoms with E-state index in [1.54, 1.807) is 18.3 Å². The summed E-state index contributed by atoms with van der Waals surface area (Å²) < 4.78 is 0. The Kier molecular flexibility index (Phi) is 2.09. The van der Waals surface area contributed by atoms with Gasteiger partial charge in [-0.2, -0.15) is 5.10 Å². The topological polar surface area (TPSA) is 66.0 Å². The summed E-state index contributed by atoms with van der Waals surface area (Å²) in [7, 11) is 0. The number of hydrogen-bond donors (Lipinski definition) is 2. The standard InChI is InChI=1S/C16H10N2O2/c19-16(20)12-3-1-2-9-4-5-10-7-14-11(8-17-18-14)6-13(10)15(9)12/h1-8H,(H,17,18)(H,19,20). The average molecular weight is 262 g/mol. The van der Waals surface area contributed by atoms with E-state index < -0.39 is 5.97 Å². The number of H-pyrrole nitrogens is 1. The van der Waals surface area contributed by atoms with Crippen LogP contribution in [-0.2, 0) is 0 Å². The summed E-state index contributed by atoms with van der Waals surface area (Å²) in [5.74, 6) is -0.907. The van der Waals surface area contributed by atoms with Crippen molar-refractivity contribution >= 4 is 38.4 Å². The molecule has 3 aromatic carbocycles. The van der Waals surface area contributed by atoms with Gasteiger partial charge in [-0.15, -0.1) is 0 Å². The Morgan fingerprint density at radius 2 is 1.90 bits per heavy atom. The number of carboxylic acids is 1. The Labute approximate surface area is 113 Å². The number of nitrogens with zero attached hydrogens (tertiary/aromatic N) is 1. The van der Waals surface area contributed by atoms with E-state index in [2.05, 4.69) is 10.2 Å². The molecular formula is C16H10N2O2. The van der Waals surface area contributed by atoms with E-state index in [0.29, 0.717) is 5.56 Å². The Morgan fingerprint density at radius 3 is 2.75 bits per heavy atom. The number of rotatable bonds is 1. The third-order valence-electron chi connectivity index (χ3n) is 3.65. The lowest BCUT2D eigenvalue weighted by Crippen LogP contribution is -1.97. The number of hydrogen-bond acceptors (Lipinski definition) is 2. The maximum atomic E-state index is 11.5. The third-order valence-corrected chi connectivity index (χ3v) is 3.65. The Balaban J connectivity index is 2.28. The predicted octanol–water partition coefficient (Wildman–Crippen LogP) is 3.57. The van der Waals surface area contributed by atoms with Crippen molar-refractivity contribution in [1.82, 2.24) is 10.2 Å². The second-order valence-electron chi connectivity index (χ2n) is 4.80. The van der Waals surface area contributed by atoms with Gasteiger partial charge in [0.15, 0.2) is 0 Å². The first-order valence-electron chi connectivity index (χ1n) is 6.26. The summed E-state index contributed by atoms with van der Waals surface area (Å²) in [5, 5.41) is 21.0. The molecule has 4 heteroatoms. The lowest BCUT2D eigenvalue weighted by atomic mass is 9.97. The number of aromatic nitrogens is 2. The monoisotopic (exact) mass is 262 g/mol. The molecule has 20 heavy (non-hydrogen) atoms. The molecule has 0 unspecified atom stereocenters. The van der Waals surface area contributed by atoms with Crippen molar-refractivity contribution in [1.29, 1.82) is 0 Å². The second-order valence-corrected chi connectivity index (χ2v) is 4.80. The van der Waals surface area contributed by atoms with Crippen molar-refractivity contribution in [3.05, 3.63) is 54.2 Å². The summed E-state index contributed by atoms with van der Waals surface area (Å²) in [6.07, 6.45) is 1.75. The third kappa shape index (κ3) is 1.42. The Hall–Kier alpha value is -2.88. The molecule has 0 radical (unpaired) electrons. The number of fused-ring (bicyclic) bond motifs is 4. The molecule has 0 saturated heterocycles. The first-order valence-corrected chi connectivity index (χ1v) is 6.26. The molecular weight excluding hydrogens is 252 g/mol. The first-order chi connectivity index (χ1) is 9.74. The minimum Gasteiger partial charge on any atom is -0.478 e. The van der Waals surface area contributed by atoms with Crippen LogP contribution in [0.25, 0.3) is 32.4 Å². The quantitative estimate of drug-likeness (QED) is 0.515. The first kappa shape index (κ1) is 11.0. The van der Waals surface area contributed by atoms with Crippen LogP contribution in [0.1, 0.15) is 10.4 Å². The molecule has 0 aliphatic rings. The fourth-order valence-corrected chi connectivity index (χ4v) is 2.73. The number of benzene rings is 3. The summed E-state index contributed by atoms with van der Waals surface area (Å²) in [5.41, 5.74) is 1.28. The molecule has 0 saturated carbocycles. The van der Waals surface area contributed by atoms with Gasteiger partial charge in [0.25, 0.3) is 0 Å². The largest absolute Gasteiger partial charge is 0.478 e. The lowest BCUT2D eigenvalue weighted by molar-refractivity contribution is 0.0699. The van der Waals surface area contributed by atoms with E-state index in [4.69, 9.17) is 0 Å². The molecule has 0 bridgehead atoms. The summed E-state index contributed by atoms with van der Waals surface area (Å²) >= 11 is 0. The number of aromatic carboxylic acids is 1. The molecule has 0 spiro atoms. The van der Waals surface area contributed by atoms with Crippen LogP contribution in [0.15, 0.2) is 48.7 Å². The fourth-order valence-electron chi connectivity index (χ4n) is 2.73. The van der Waals surface area contributed by atoms with Gasteiger partial charge in [0.1, 0.15) is 0 Å². The van der Waals surface area contributed by atoms with Crippen molar-refractivity contribution in [3.63, 3.8) is 0 Å². The molecule has 0 atom stereocenters. The smallest absolute Gasteiger partial charge is 0.336 e. The molecule has 1 heterocycles. The summed E-state index contributed by atoms with van der Waals surface area (Å²) in [6, 6.07) is 13.3. The number of carboxylic acid groups (broad SMARTS) is 1. The Bertz CT molecular complexity index is 986.